The van der Waals surface area contributed by atoms with Gasteiger partial charge >= 0.3 is 0 Å². The molecule has 1 aromatic heterocycles. The third kappa shape index (κ3) is 4.45. The standard InChI is InChI=1S/C21H20FN3O/c1-15(16-7-3-2-4-8-16)25-18-11-12-23-20(13-18)21(26)24-14-17-9-5-6-10-19(17)22/h2-13,15H,14H2,1H3,(H,23,25)(H,24,26). The molecule has 1 unspecified atom stereocenters. The fourth-order valence-corrected chi connectivity index (χ4v) is 2.63. The van der Waals surface area contributed by atoms with Crippen LogP contribution >= 0.6 is 0 Å². The van der Waals surface area contributed by atoms with Crippen LogP contribution in [0.15, 0.2) is 72.9 Å². The Bertz CT molecular complexity index is 883. The van der Waals surface area contributed by atoms with Crippen LogP contribution in [0.5, 0.6) is 0 Å². The van der Waals surface area contributed by atoms with E-state index in [0.717, 1.165) is 11.3 Å². The van der Waals surface area contributed by atoms with E-state index in [4.69, 9.17) is 0 Å². The van der Waals surface area contributed by atoms with Gasteiger partial charge in [-0.25, -0.2) is 4.39 Å². The third-order valence-electron chi connectivity index (χ3n) is 4.07. The molecule has 2 N–H and O–H groups in total. The van der Waals surface area contributed by atoms with Gasteiger partial charge in [-0.15, -0.1) is 0 Å². The van der Waals surface area contributed by atoms with E-state index in [1.807, 2.05) is 43.3 Å². The average molecular weight is 349 g/mol. The molecule has 132 valence electrons. The predicted molar refractivity (Wildman–Crippen MR) is 100 cm³/mol. The zero-order valence-electron chi connectivity index (χ0n) is 14.4. The van der Waals surface area contributed by atoms with Crippen molar-refractivity contribution in [2.45, 2.75) is 19.5 Å². The Morgan fingerprint density at radius 2 is 1.81 bits per heavy atom. The minimum Gasteiger partial charge on any atom is -0.378 e. The van der Waals surface area contributed by atoms with E-state index < -0.39 is 0 Å². The summed E-state index contributed by atoms with van der Waals surface area (Å²) >= 11 is 0. The minimum atomic E-state index is -0.343. The monoisotopic (exact) mass is 349 g/mol. The number of hydrogen-bond acceptors (Lipinski definition) is 3. The first kappa shape index (κ1) is 17.6. The van der Waals surface area contributed by atoms with Crippen molar-refractivity contribution in [2.75, 3.05) is 5.32 Å². The Morgan fingerprint density at radius 3 is 2.58 bits per heavy atom. The summed E-state index contributed by atoms with van der Waals surface area (Å²) in [6, 6.07) is 20.0. The van der Waals surface area contributed by atoms with Gasteiger partial charge in [0.2, 0.25) is 0 Å². The van der Waals surface area contributed by atoms with Gasteiger partial charge in [0, 0.05) is 30.0 Å². The van der Waals surface area contributed by atoms with Gasteiger partial charge < -0.3 is 10.6 Å². The van der Waals surface area contributed by atoms with E-state index in [1.165, 1.54) is 6.07 Å². The fraction of sp³-hybridized carbons (Fsp3) is 0.143. The molecule has 3 aromatic rings. The maximum absolute atomic E-state index is 13.6. The van der Waals surface area contributed by atoms with Gasteiger partial charge in [-0.1, -0.05) is 48.5 Å². The summed E-state index contributed by atoms with van der Waals surface area (Å²) in [5.41, 5.74) is 2.67. The molecule has 26 heavy (non-hydrogen) atoms. The van der Waals surface area contributed by atoms with Gasteiger partial charge in [-0.2, -0.15) is 0 Å². The number of amides is 1. The lowest BCUT2D eigenvalue weighted by molar-refractivity contribution is 0.0945. The van der Waals surface area contributed by atoms with E-state index in [2.05, 4.69) is 15.6 Å². The van der Waals surface area contributed by atoms with Crippen LogP contribution in [-0.2, 0) is 6.54 Å². The molecule has 0 spiro atoms. The number of hydrogen-bond donors (Lipinski definition) is 2. The topological polar surface area (TPSA) is 54.0 Å². The molecule has 0 aliphatic carbocycles. The number of aromatic nitrogens is 1. The highest BCUT2D eigenvalue weighted by Crippen LogP contribution is 2.19. The van der Waals surface area contributed by atoms with E-state index in [1.54, 1.807) is 30.5 Å². The van der Waals surface area contributed by atoms with Gasteiger partial charge in [0.05, 0.1) is 0 Å². The largest absolute Gasteiger partial charge is 0.378 e. The number of nitrogens with zero attached hydrogens (tertiary/aromatic N) is 1. The molecule has 2 aromatic carbocycles. The van der Waals surface area contributed by atoms with Gasteiger partial charge in [0.15, 0.2) is 0 Å². The molecule has 1 heterocycles. The summed E-state index contributed by atoms with van der Waals surface area (Å²) in [6.07, 6.45) is 1.58. The molecule has 0 aliphatic rings. The fourth-order valence-electron chi connectivity index (χ4n) is 2.63. The Hall–Kier alpha value is -3.21. The molecule has 1 amide bonds. The third-order valence-corrected chi connectivity index (χ3v) is 4.07. The molecular formula is C21H20FN3O. The number of nitrogens with one attached hydrogen (secondary N) is 2. The van der Waals surface area contributed by atoms with Gasteiger partial charge in [-0.05, 0) is 30.7 Å². The molecule has 0 bridgehead atoms. The van der Waals surface area contributed by atoms with Crippen molar-refractivity contribution in [3.05, 3.63) is 95.6 Å². The van der Waals surface area contributed by atoms with Crippen LogP contribution in [-0.4, -0.2) is 10.9 Å². The first-order chi connectivity index (χ1) is 12.6. The summed E-state index contributed by atoms with van der Waals surface area (Å²) in [4.78, 5) is 16.4. The predicted octanol–water partition coefficient (Wildman–Crippen LogP) is 4.32. The second-order valence-corrected chi connectivity index (χ2v) is 5.98. The Morgan fingerprint density at radius 1 is 1.08 bits per heavy atom. The number of halogens is 1. The van der Waals surface area contributed by atoms with Gasteiger partial charge in [-0.3, -0.25) is 9.78 Å². The normalized spacial score (nSPS) is 11.6. The van der Waals surface area contributed by atoms with Gasteiger partial charge in [0.1, 0.15) is 11.5 Å². The van der Waals surface area contributed by atoms with Crippen molar-refractivity contribution >= 4 is 11.6 Å². The molecule has 5 heteroatoms. The first-order valence-corrected chi connectivity index (χ1v) is 8.42. The number of anilines is 1. The highest BCUT2D eigenvalue weighted by Gasteiger charge is 2.11. The lowest BCUT2D eigenvalue weighted by atomic mass is 10.1. The van der Waals surface area contributed by atoms with Crippen LogP contribution in [0.25, 0.3) is 0 Å². The van der Waals surface area contributed by atoms with Crippen molar-refractivity contribution in [2.24, 2.45) is 0 Å². The summed E-state index contributed by atoms with van der Waals surface area (Å²) in [5.74, 6) is -0.683. The summed E-state index contributed by atoms with van der Waals surface area (Å²) in [7, 11) is 0. The van der Waals surface area contributed by atoms with Crippen LogP contribution in [0.4, 0.5) is 10.1 Å². The highest BCUT2D eigenvalue weighted by atomic mass is 19.1. The highest BCUT2D eigenvalue weighted by molar-refractivity contribution is 5.93. The van der Waals surface area contributed by atoms with Crippen molar-refractivity contribution in [1.82, 2.24) is 10.3 Å². The van der Waals surface area contributed by atoms with Crippen LogP contribution in [0.2, 0.25) is 0 Å². The number of carbonyl (C=O) groups is 1. The summed E-state index contributed by atoms with van der Waals surface area (Å²) in [5, 5.41) is 6.06. The number of carbonyl (C=O) groups excluding carboxylic acids is 1. The van der Waals surface area contributed by atoms with Crippen molar-refractivity contribution in [1.29, 1.82) is 0 Å². The number of pyridine rings is 1. The van der Waals surface area contributed by atoms with Crippen LogP contribution in [0, 0.1) is 5.82 Å². The Balaban J connectivity index is 1.65. The van der Waals surface area contributed by atoms with E-state index in [-0.39, 0.29) is 30.0 Å². The second kappa shape index (κ2) is 8.25. The smallest absolute Gasteiger partial charge is 0.270 e. The van der Waals surface area contributed by atoms with E-state index in [0.29, 0.717) is 5.56 Å². The van der Waals surface area contributed by atoms with E-state index in [9.17, 15) is 9.18 Å². The maximum Gasteiger partial charge on any atom is 0.270 e. The molecular weight excluding hydrogens is 329 g/mol. The quantitative estimate of drug-likeness (QED) is 0.697. The molecule has 0 saturated heterocycles. The van der Waals surface area contributed by atoms with E-state index >= 15 is 0 Å². The van der Waals surface area contributed by atoms with Crippen LogP contribution < -0.4 is 10.6 Å². The molecule has 3 rings (SSSR count). The summed E-state index contributed by atoms with van der Waals surface area (Å²) < 4.78 is 13.6. The maximum atomic E-state index is 13.6. The summed E-state index contributed by atoms with van der Waals surface area (Å²) in [6.45, 7) is 2.17. The number of benzene rings is 2. The Kier molecular flexibility index (Phi) is 5.59. The van der Waals surface area contributed by atoms with Crippen molar-refractivity contribution in [3.8, 4) is 0 Å². The van der Waals surface area contributed by atoms with Crippen molar-refractivity contribution < 1.29 is 9.18 Å². The zero-order chi connectivity index (χ0) is 18.4. The molecule has 0 saturated carbocycles. The molecule has 0 fully saturated rings. The lowest BCUT2D eigenvalue weighted by Gasteiger charge is -2.16. The lowest BCUT2D eigenvalue weighted by Crippen LogP contribution is -2.24. The second-order valence-electron chi connectivity index (χ2n) is 5.98. The Labute approximate surface area is 152 Å². The molecule has 0 radical (unpaired) electrons. The van der Waals surface area contributed by atoms with Crippen molar-refractivity contribution in [3.63, 3.8) is 0 Å². The number of rotatable bonds is 6. The minimum absolute atomic E-state index is 0.0907. The van der Waals surface area contributed by atoms with Gasteiger partial charge in [0.25, 0.3) is 5.91 Å². The first-order valence-electron chi connectivity index (χ1n) is 8.42. The molecule has 4 nitrogen and oxygen atoms in total. The zero-order valence-corrected chi connectivity index (χ0v) is 14.4. The molecule has 0 aliphatic heterocycles. The average Bonchev–Trinajstić information content (AvgIpc) is 2.68. The SMILES string of the molecule is CC(Nc1ccnc(C(=O)NCc2ccccc2F)c1)c1ccccc1. The van der Waals surface area contributed by atoms with Crippen LogP contribution in [0.1, 0.15) is 34.6 Å². The van der Waals surface area contributed by atoms with Crippen LogP contribution in [0.3, 0.4) is 0 Å². The molecule has 1 atom stereocenters.